The first kappa shape index (κ1) is 11.3. The minimum atomic E-state index is 0.406. The maximum Gasteiger partial charge on any atom is 0.171 e. The third kappa shape index (κ3) is 1.47. The maximum atomic E-state index is 5.84. The quantitative estimate of drug-likeness (QED) is 0.823. The fourth-order valence-corrected chi connectivity index (χ4v) is 2.69. The van der Waals surface area contributed by atoms with Crippen LogP contribution < -0.4 is 11.1 Å². The van der Waals surface area contributed by atoms with Gasteiger partial charge in [0, 0.05) is 19.8 Å². The molecular formula is C12H22N4. The van der Waals surface area contributed by atoms with Gasteiger partial charge in [0.2, 0.25) is 0 Å². The zero-order valence-corrected chi connectivity index (χ0v) is 10.8. The Morgan fingerprint density at radius 2 is 1.94 bits per heavy atom. The Labute approximate surface area is 97.2 Å². The first-order valence-electron chi connectivity index (χ1n) is 5.80. The zero-order valence-electron chi connectivity index (χ0n) is 10.8. The van der Waals surface area contributed by atoms with Gasteiger partial charge in [-0.3, -0.25) is 4.68 Å². The Morgan fingerprint density at radius 1 is 1.38 bits per heavy atom. The van der Waals surface area contributed by atoms with Crippen LogP contribution in [0, 0.1) is 16.7 Å². The number of hydrogen-bond donors (Lipinski definition) is 2. The second-order valence-electron chi connectivity index (χ2n) is 5.98. The van der Waals surface area contributed by atoms with E-state index < -0.39 is 0 Å². The molecule has 1 aliphatic carbocycles. The van der Waals surface area contributed by atoms with Gasteiger partial charge in [-0.15, -0.1) is 0 Å². The number of nitrogens with two attached hydrogens (primary N) is 1. The second kappa shape index (κ2) is 3.15. The molecule has 1 aromatic heterocycles. The molecular weight excluding hydrogens is 200 g/mol. The van der Waals surface area contributed by atoms with Gasteiger partial charge in [0.1, 0.15) is 0 Å². The van der Waals surface area contributed by atoms with Gasteiger partial charge >= 0.3 is 0 Å². The SMILES string of the molecule is Cn1cc(N)c(NCC2C(C)(C)C2(C)C)n1. The van der Waals surface area contributed by atoms with Gasteiger partial charge in [0.15, 0.2) is 5.82 Å². The van der Waals surface area contributed by atoms with Crippen LogP contribution in [0.5, 0.6) is 0 Å². The Kier molecular flexibility index (Phi) is 2.23. The molecule has 3 N–H and O–H groups in total. The van der Waals surface area contributed by atoms with E-state index >= 15 is 0 Å². The van der Waals surface area contributed by atoms with Gasteiger partial charge in [-0.25, -0.2) is 0 Å². The lowest BCUT2D eigenvalue weighted by atomic mass is 10.0. The normalized spacial score (nSPS) is 22.1. The molecule has 0 radical (unpaired) electrons. The van der Waals surface area contributed by atoms with Crippen LogP contribution in [0.25, 0.3) is 0 Å². The van der Waals surface area contributed by atoms with E-state index in [0.29, 0.717) is 16.7 Å². The van der Waals surface area contributed by atoms with Crippen molar-refractivity contribution in [1.82, 2.24) is 9.78 Å². The summed E-state index contributed by atoms with van der Waals surface area (Å²) in [7, 11) is 1.88. The van der Waals surface area contributed by atoms with Gasteiger partial charge < -0.3 is 11.1 Å². The average Bonchev–Trinajstić information content (AvgIpc) is 2.38. The molecule has 1 fully saturated rings. The van der Waals surface area contributed by atoms with Crippen molar-refractivity contribution < 1.29 is 0 Å². The van der Waals surface area contributed by atoms with Crippen molar-refractivity contribution in [3.8, 4) is 0 Å². The summed E-state index contributed by atoms with van der Waals surface area (Å²) >= 11 is 0. The third-order valence-corrected chi connectivity index (χ3v) is 4.65. The fraction of sp³-hybridized carbons (Fsp3) is 0.750. The number of nitrogen functional groups attached to an aromatic ring is 1. The van der Waals surface area contributed by atoms with Gasteiger partial charge in [-0.05, 0) is 16.7 Å². The van der Waals surface area contributed by atoms with Gasteiger partial charge in [0.05, 0.1) is 5.69 Å². The molecule has 16 heavy (non-hydrogen) atoms. The number of anilines is 2. The van der Waals surface area contributed by atoms with Crippen molar-refractivity contribution in [1.29, 1.82) is 0 Å². The summed E-state index contributed by atoms with van der Waals surface area (Å²) in [5.74, 6) is 1.49. The lowest BCUT2D eigenvalue weighted by molar-refractivity contribution is 0.457. The summed E-state index contributed by atoms with van der Waals surface area (Å²) in [6.07, 6.45) is 1.82. The van der Waals surface area contributed by atoms with Crippen LogP contribution in [0.4, 0.5) is 11.5 Å². The van der Waals surface area contributed by atoms with Crippen LogP contribution >= 0.6 is 0 Å². The molecule has 0 atom stereocenters. The van der Waals surface area contributed by atoms with E-state index in [2.05, 4.69) is 38.1 Å². The molecule has 90 valence electrons. The Morgan fingerprint density at radius 3 is 2.31 bits per heavy atom. The highest BCUT2D eigenvalue weighted by molar-refractivity contribution is 5.59. The van der Waals surface area contributed by atoms with E-state index in [1.807, 2.05) is 13.2 Å². The first-order valence-corrected chi connectivity index (χ1v) is 5.80. The lowest BCUT2D eigenvalue weighted by Crippen LogP contribution is -2.09. The fourth-order valence-electron chi connectivity index (χ4n) is 2.69. The van der Waals surface area contributed by atoms with Crippen LogP contribution in [-0.2, 0) is 7.05 Å². The van der Waals surface area contributed by atoms with Gasteiger partial charge in [0.25, 0.3) is 0 Å². The second-order valence-corrected chi connectivity index (χ2v) is 5.98. The highest BCUT2D eigenvalue weighted by atomic mass is 15.3. The van der Waals surface area contributed by atoms with E-state index in [4.69, 9.17) is 5.73 Å². The number of hydrogen-bond acceptors (Lipinski definition) is 3. The van der Waals surface area contributed by atoms with E-state index in [1.165, 1.54) is 0 Å². The summed E-state index contributed by atoms with van der Waals surface area (Å²) in [4.78, 5) is 0. The molecule has 2 rings (SSSR count). The van der Waals surface area contributed by atoms with Crippen LogP contribution in [0.15, 0.2) is 6.20 Å². The van der Waals surface area contributed by atoms with Crippen molar-refractivity contribution in [2.45, 2.75) is 27.7 Å². The van der Waals surface area contributed by atoms with Crippen molar-refractivity contribution >= 4 is 11.5 Å². The summed E-state index contributed by atoms with van der Waals surface area (Å²) in [6, 6.07) is 0. The number of rotatable bonds is 3. The number of nitrogens with zero attached hydrogens (tertiary/aromatic N) is 2. The summed E-state index contributed by atoms with van der Waals surface area (Å²) in [5.41, 5.74) is 7.37. The molecule has 0 aromatic carbocycles. The van der Waals surface area contributed by atoms with Crippen molar-refractivity contribution in [3.63, 3.8) is 0 Å². The van der Waals surface area contributed by atoms with Gasteiger partial charge in [-0.1, -0.05) is 27.7 Å². The van der Waals surface area contributed by atoms with Crippen molar-refractivity contribution in [3.05, 3.63) is 6.20 Å². The Balaban J connectivity index is 1.98. The molecule has 0 spiro atoms. The third-order valence-electron chi connectivity index (χ3n) is 4.65. The summed E-state index contributed by atoms with van der Waals surface area (Å²) in [5, 5.41) is 7.64. The zero-order chi connectivity index (χ0) is 12.1. The van der Waals surface area contributed by atoms with Crippen LogP contribution in [0.3, 0.4) is 0 Å². The Bertz CT molecular complexity index is 389. The highest BCUT2D eigenvalue weighted by Gasteiger charge is 2.64. The van der Waals surface area contributed by atoms with Crippen molar-refractivity contribution in [2.24, 2.45) is 23.8 Å². The van der Waals surface area contributed by atoms with Crippen LogP contribution in [0.1, 0.15) is 27.7 Å². The predicted octanol–water partition coefficient (Wildman–Crippen LogP) is 2.10. The molecule has 4 heteroatoms. The molecule has 1 aliphatic rings. The molecule has 4 nitrogen and oxygen atoms in total. The molecule has 1 heterocycles. The molecule has 0 aliphatic heterocycles. The minimum Gasteiger partial charge on any atom is -0.394 e. The largest absolute Gasteiger partial charge is 0.394 e. The molecule has 0 amide bonds. The van der Waals surface area contributed by atoms with E-state index in [1.54, 1.807) is 4.68 Å². The lowest BCUT2D eigenvalue weighted by Gasteiger charge is -2.05. The topological polar surface area (TPSA) is 55.9 Å². The summed E-state index contributed by atoms with van der Waals surface area (Å²) < 4.78 is 1.74. The minimum absolute atomic E-state index is 0.406. The molecule has 0 bridgehead atoms. The smallest absolute Gasteiger partial charge is 0.171 e. The van der Waals surface area contributed by atoms with Gasteiger partial charge in [-0.2, -0.15) is 5.10 Å². The van der Waals surface area contributed by atoms with Crippen LogP contribution in [-0.4, -0.2) is 16.3 Å². The van der Waals surface area contributed by atoms with E-state index in [0.717, 1.165) is 18.1 Å². The maximum absolute atomic E-state index is 5.84. The molecule has 0 unspecified atom stereocenters. The van der Waals surface area contributed by atoms with E-state index in [-0.39, 0.29) is 0 Å². The number of nitrogens with one attached hydrogen (secondary N) is 1. The Hall–Kier alpha value is -1.19. The number of aryl methyl sites for hydroxylation is 1. The predicted molar refractivity (Wildman–Crippen MR) is 67.2 cm³/mol. The molecule has 1 aromatic rings. The monoisotopic (exact) mass is 222 g/mol. The van der Waals surface area contributed by atoms with Crippen LogP contribution in [0.2, 0.25) is 0 Å². The summed E-state index contributed by atoms with van der Waals surface area (Å²) in [6.45, 7) is 10.2. The highest BCUT2D eigenvalue weighted by Crippen LogP contribution is 2.68. The average molecular weight is 222 g/mol. The molecule has 1 saturated carbocycles. The number of aromatic nitrogens is 2. The van der Waals surface area contributed by atoms with E-state index in [9.17, 15) is 0 Å². The molecule has 0 saturated heterocycles. The van der Waals surface area contributed by atoms with Crippen molar-refractivity contribution in [2.75, 3.05) is 17.6 Å². The standard InChI is InChI=1S/C12H22N4/c1-11(2)9(12(11,3)4)6-14-10-8(13)7-16(5)15-10/h7,9H,6,13H2,1-5H3,(H,14,15). The first-order chi connectivity index (χ1) is 7.26.